The van der Waals surface area contributed by atoms with Gasteiger partial charge in [0.15, 0.2) is 11.5 Å². The van der Waals surface area contributed by atoms with Crippen molar-refractivity contribution in [1.82, 2.24) is 14.4 Å². The van der Waals surface area contributed by atoms with Crippen molar-refractivity contribution in [2.45, 2.75) is 38.6 Å². The van der Waals surface area contributed by atoms with Crippen molar-refractivity contribution < 1.29 is 0 Å². The van der Waals surface area contributed by atoms with E-state index >= 15 is 0 Å². The van der Waals surface area contributed by atoms with Crippen molar-refractivity contribution in [3.8, 4) is 0 Å². The normalized spacial score (nSPS) is 29.0. The van der Waals surface area contributed by atoms with E-state index in [1.54, 1.807) is 0 Å². The van der Waals surface area contributed by atoms with E-state index in [-0.39, 0.29) is 0 Å². The van der Waals surface area contributed by atoms with Crippen LogP contribution in [-0.2, 0) is 0 Å². The van der Waals surface area contributed by atoms with Crippen LogP contribution in [0.1, 0.15) is 32.6 Å². The van der Waals surface area contributed by atoms with E-state index in [4.69, 9.17) is 0 Å². The fraction of sp³-hybridized carbons (Fsp3) is 0.625. The number of nitrogens with zero attached hydrogens (tertiary/aromatic N) is 3. The molecule has 0 saturated heterocycles. The van der Waals surface area contributed by atoms with E-state index in [0.717, 1.165) is 35.0 Å². The van der Waals surface area contributed by atoms with Crippen LogP contribution in [0.4, 0.5) is 11.6 Å². The van der Waals surface area contributed by atoms with Gasteiger partial charge < -0.3 is 15.0 Å². The molecule has 2 heterocycles. The number of aromatic nitrogens is 3. The topological polar surface area (TPSA) is 54.2 Å². The molecule has 0 radical (unpaired) electrons. The van der Waals surface area contributed by atoms with Crippen LogP contribution in [-0.4, -0.2) is 27.5 Å². The van der Waals surface area contributed by atoms with Gasteiger partial charge in [0.2, 0.25) is 0 Å². The number of hydrogen-bond donors (Lipinski definition) is 2. The first-order valence-corrected chi connectivity index (χ1v) is 8.02. The zero-order valence-electron chi connectivity index (χ0n) is 12.7. The molecular weight excluding hydrogens is 262 g/mol. The Kier molecular flexibility index (Phi) is 3.01. The van der Waals surface area contributed by atoms with Crippen LogP contribution in [0, 0.1) is 17.8 Å². The molecule has 0 spiro atoms. The first kappa shape index (κ1) is 12.9. The van der Waals surface area contributed by atoms with E-state index in [1.165, 1.54) is 25.7 Å². The quantitative estimate of drug-likeness (QED) is 0.906. The zero-order chi connectivity index (χ0) is 14.4. The van der Waals surface area contributed by atoms with Crippen LogP contribution in [0.3, 0.4) is 0 Å². The Labute approximate surface area is 125 Å². The third-order valence-electron chi connectivity index (χ3n) is 5.43. The second kappa shape index (κ2) is 4.90. The zero-order valence-corrected chi connectivity index (χ0v) is 12.7. The molecule has 2 aromatic heterocycles. The molecule has 2 aromatic rings. The van der Waals surface area contributed by atoms with Crippen LogP contribution in [0.15, 0.2) is 18.6 Å². The third-order valence-corrected chi connectivity index (χ3v) is 5.43. The molecule has 0 amide bonds. The lowest BCUT2D eigenvalue weighted by Gasteiger charge is -2.29. The van der Waals surface area contributed by atoms with E-state index in [0.29, 0.717) is 6.04 Å². The molecule has 2 aliphatic carbocycles. The van der Waals surface area contributed by atoms with E-state index < -0.39 is 0 Å². The highest BCUT2D eigenvalue weighted by molar-refractivity contribution is 5.65. The fourth-order valence-corrected chi connectivity index (χ4v) is 4.38. The lowest BCUT2D eigenvalue weighted by molar-refractivity contribution is 0.304. The minimum Gasteiger partial charge on any atom is -0.372 e. The highest BCUT2D eigenvalue weighted by Crippen LogP contribution is 2.49. The Hall–Kier alpha value is -1.78. The summed E-state index contributed by atoms with van der Waals surface area (Å²) in [6.45, 7) is 2.30. The number of fused-ring (bicyclic) bond motifs is 3. The van der Waals surface area contributed by atoms with Crippen molar-refractivity contribution in [2.24, 2.45) is 17.8 Å². The average Bonchev–Trinajstić information content (AvgIpc) is 3.22. The molecule has 0 aromatic carbocycles. The van der Waals surface area contributed by atoms with Gasteiger partial charge in [0.05, 0.1) is 6.20 Å². The highest BCUT2D eigenvalue weighted by Gasteiger charge is 2.41. The second-order valence-corrected chi connectivity index (χ2v) is 6.65. The molecule has 4 atom stereocenters. The maximum atomic E-state index is 4.66. The maximum Gasteiger partial charge on any atom is 0.180 e. The minimum absolute atomic E-state index is 0.459. The summed E-state index contributed by atoms with van der Waals surface area (Å²) in [6.07, 6.45) is 11.5. The van der Waals surface area contributed by atoms with Crippen molar-refractivity contribution >= 4 is 17.3 Å². The highest BCUT2D eigenvalue weighted by atomic mass is 15.1. The van der Waals surface area contributed by atoms with Crippen LogP contribution < -0.4 is 10.6 Å². The van der Waals surface area contributed by atoms with E-state index in [9.17, 15) is 0 Å². The number of anilines is 2. The Morgan fingerprint density at radius 3 is 2.95 bits per heavy atom. The molecule has 2 aliphatic rings. The third kappa shape index (κ3) is 2.15. The lowest BCUT2D eigenvalue weighted by Crippen LogP contribution is -2.30. The summed E-state index contributed by atoms with van der Waals surface area (Å²) in [5.74, 6) is 4.44. The summed E-state index contributed by atoms with van der Waals surface area (Å²) in [5.41, 5.74) is 0.906. The number of rotatable bonds is 4. The van der Waals surface area contributed by atoms with Gasteiger partial charge >= 0.3 is 0 Å². The largest absolute Gasteiger partial charge is 0.372 e. The van der Waals surface area contributed by atoms with Gasteiger partial charge in [-0.3, -0.25) is 0 Å². The van der Waals surface area contributed by atoms with Crippen molar-refractivity contribution in [3.05, 3.63) is 18.6 Å². The summed E-state index contributed by atoms with van der Waals surface area (Å²) < 4.78 is 2.02. The Balaban J connectivity index is 1.60. The summed E-state index contributed by atoms with van der Waals surface area (Å²) in [4.78, 5) is 9.09. The van der Waals surface area contributed by atoms with Gasteiger partial charge in [-0.25, -0.2) is 9.97 Å². The summed E-state index contributed by atoms with van der Waals surface area (Å²) in [6, 6.07) is 0.459. The average molecular weight is 285 g/mol. The molecule has 2 N–H and O–H groups in total. The van der Waals surface area contributed by atoms with Crippen molar-refractivity contribution in [1.29, 1.82) is 0 Å². The van der Waals surface area contributed by atoms with E-state index in [1.807, 2.05) is 30.0 Å². The standard InChI is InChI=1S/C16H23N5/c1-10(13-8-11-3-4-12(13)7-11)19-15-16-18-5-6-21(16)9-14(17-2)20-15/h5-6,9-13,17H,3-4,7-8H2,1-2H3,(H,19,20). The lowest BCUT2D eigenvalue weighted by atomic mass is 9.84. The van der Waals surface area contributed by atoms with Gasteiger partial charge in [-0.15, -0.1) is 0 Å². The summed E-state index contributed by atoms with van der Waals surface area (Å²) in [7, 11) is 1.90. The van der Waals surface area contributed by atoms with Crippen molar-refractivity contribution in [2.75, 3.05) is 17.7 Å². The SMILES string of the molecule is CNc1cn2ccnc2c(NC(C)C2CC3CCC2C3)n1. The Morgan fingerprint density at radius 1 is 1.33 bits per heavy atom. The Bertz CT molecular complexity index is 649. The van der Waals surface area contributed by atoms with Gasteiger partial charge in [-0.05, 0) is 43.9 Å². The molecule has 4 unspecified atom stereocenters. The summed E-state index contributed by atoms with van der Waals surface area (Å²) in [5, 5.41) is 6.76. The molecule has 2 saturated carbocycles. The molecule has 4 rings (SSSR count). The first-order chi connectivity index (χ1) is 10.2. The maximum absolute atomic E-state index is 4.66. The van der Waals surface area contributed by atoms with Crippen LogP contribution in [0.25, 0.3) is 5.65 Å². The molecule has 2 fully saturated rings. The minimum atomic E-state index is 0.459. The predicted molar refractivity (Wildman–Crippen MR) is 84.6 cm³/mol. The molecule has 5 heteroatoms. The first-order valence-electron chi connectivity index (χ1n) is 8.02. The molecule has 0 aliphatic heterocycles. The van der Waals surface area contributed by atoms with Crippen molar-refractivity contribution in [3.63, 3.8) is 0 Å². The number of hydrogen-bond acceptors (Lipinski definition) is 4. The number of imidazole rings is 1. The molecule has 21 heavy (non-hydrogen) atoms. The van der Waals surface area contributed by atoms with Gasteiger partial charge in [0, 0.05) is 25.5 Å². The van der Waals surface area contributed by atoms with Gasteiger partial charge in [-0.2, -0.15) is 0 Å². The predicted octanol–water partition coefficient (Wildman–Crippen LogP) is 3.01. The smallest absolute Gasteiger partial charge is 0.180 e. The number of nitrogens with one attached hydrogen (secondary N) is 2. The monoisotopic (exact) mass is 285 g/mol. The van der Waals surface area contributed by atoms with Crippen LogP contribution in [0.5, 0.6) is 0 Å². The second-order valence-electron chi connectivity index (χ2n) is 6.65. The molecule has 112 valence electrons. The van der Waals surface area contributed by atoms with Crippen LogP contribution >= 0.6 is 0 Å². The van der Waals surface area contributed by atoms with Gasteiger partial charge in [0.25, 0.3) is 0 Å². The van der Waals surface area contributed by atoms with E-state index in [2.05, 4.69) is 27.5 Å². The van der Waals surface area contributed by atoms with Gasteiger partial charge in [0.1, 0.15) is 5.82 Å². The molecular formula is C16H23N5. The fourth-order valence-electron chi connectivity index (χ4n) is 4.38. The van der Waals surface area contributed by atoms with Gasteiger partial charge in [-0.1, -0.05) is 6.42 Å². The molecule has 5 nitrogen and oxygen atoms in total. The summed E-state index contributed by atoms with van der Waals surface area (Å²) >= 11 is 0. The molecule has 2 bridgehead atoms. The Morgan fingerprint density at radius 2 is 2.24 bits per heavy atom. The van der Waals surface area contributed by atoms with Crippen LogP contribution in [0.2, 0.25) is 0 Å².